The summed E-state index contributed by atoms with van der Waals surface area (Å²) in [6.07, 6.45) is 8.02. The highest BCUT2D eigenvalue weighted by Crippen LogP contribution is 2.34. The fourth-order valence-corrected chi connectivity index (χ4v) is 3.72. The Morgan fingerprint density at radius 3 is 2.68 bits per heavy atom. The largest absolute Gasteiger partial charge is 0.298 e. The van der Waals surface area contributed by atoms with Crippen molar-refractivity contribution in [3.8, 4) is 0 Å². The van der Waals surface area contributed by atoms with Crippen molar-refractivity contribution in [1.29, 1.82) is 0 Å². The van der Waals surface area contributed by atoms with Crippen LogP contribution in [-0.4, -0.2) is 18.0 Å². The topological polar surface area (TPSA) is 3.24 Å². The number of hydrogen-bond acceptors (Lipinski definition) is 1. The summed E-state index contributed by atoms with van der Waals surface area (Å²) >= 11 is 0. The van der Waals surface area contributed by atoms with Crippen molar-refractivity contribution < 1.29 is 0 Å². The third-order valence-corrected chi connectivity index (χ3v) is 4.74. The third kappa shape index (κ3) is 3.09. The fraction of sp³-hybridized carbons (Fsp3) is 0.556. The lowest BCUT2D eigenvalue weighted by Crippen LogP contribution is -2.20. The standard InChI is InChI=1S/C18H25N/c1-15-12-19(13-16-8-4-2-5-9-16)14-18(15)17-10-6-3-7-11-17/h2,4-5,8-10,15,18H,3,6-7,11-14H2,1H3/t15-,18+/m1/s1. The van der Waals surface area contributed by atoms with E-state index in [2.05, 4.69) is 48.2 Å². The molecule has 1 saturated heterocycles. The second-order valence-electron chi connectivity index (χ2n) is 6.29. The molecule has 0 amide bonds. The number of rotatable bonds is 3. The van der Waals surface area contributed by atoms with Crippen molar-refractivity contribution in [2.75, 3.05) is 13.1 Å². The molecule has 0 aromatic heterocycles. The summed E-state index contributed by atoms with van der Waals surface area (Å²) in [5.74, 6) is 1.65. The second-order valence-corrected chi connectivity index (χ2v) is 6.29. The summed E-state index contributed by atoms with van der Waals surface area (Å²) in [5, 5.41) is 0. The summed E-state index contributed by atoms with van der Waals surface area (Å²) in [6.45, 7) is 6.08. The Hall–Kier alpha value is -1.08. The lowest BCUT2D eigenvalue weighted by Gasteiger charge is -2.22. The zero-order valence-corrected chi connectivity index (χ0v) is 12.0. The van der Waals surface area contributed by atoms with Crippen LogP contribution in [0.2, 0.25) is 0 Å². The molecule has 1 aliphatic heterocycles. The van der Waals surface area contributed by atoms with Gasteiger partial charge in [-0.2, -0.15) is 0 Å². The van der Waals surface area contributed by atoms with Crippen molar-refractivity contribution in [2.45, 2.75) is 39.2 Å². The maximum atomic E-state index is 2.64. The number of allylic oxidation sites excluding steroid dienone is 1. The maximum Gasteiger partial charge on any atom is 0.0234 e. The zero-order chi connectivity index (χ0) is 13.1. The highest BCUT2D eigenvalue weighted by atomic mass is 15.1. The normalized spacial score (nSPS) is 28.4. The number of benzene rings is 1. The molecular weight excluding hydrogens is 230 g/mol. The zero-order valence-electron chi connectivity index (χ0n) is 12.0. The number of nitrogens with zero attached hydrogens (tertiary/aromatic N) is 1. The average Bonchev–Trinajstić information content (AvgIpc) is 2.82. The van der Waals surface area contributed by atoms with Gasteiger partial charge < -0.3 is 0 Å². The van der Waals surface area contributed by atoms with E-state index in [0.29, 0.717) is 0 Å². The molecule has 0 N–H and O–H groups in total. The van der Waals surface area contributed by atoms with E-state index in [4.69, 9.17) is 0 Å². The molecule has 1 aromatic carbocycles. The minimum absolute atomic E-state index is 0.823. The van der Waals surface area contributed by atoms with Crippen molar-refractivity contribution in [1.82, 2.24) is 4.90 Å². The first-order valence-corrected chi connectivity index (χ1v) is 7.78. The summed E-state index contributed by atoms with van der Waals surface area (Å²) in [6, 6.07) is 10.9. The molecule has 2 atom stereocenters. The molecular formula is C18H25N. The van der Waals surface area contributed by atoms with Crippen molar-refractivity contribution in [3.05, 3.63) is 47.5 Å². The van der Waals surface area contributed by atoms with Crippen molar-refractivity contribution >= 4 is 0 Å². The SMILES string of the molecule is C[C@@H]1CN(Cc2ccccc2)C[C@@H]1C1=CCCCC1. The highest BCUT2D eigenvalue weighted by Gasteiger charge is 2.31. The third-order valence-electron chi connectivity index (χ3n) is 4.74. The molecule has 1 fully saturated rings. The van der Waals surface area contributed by atoms with Crippen LogP contribution in [0.4, 0.5) is 0 Å². The molecule has 1 aromatic rings. The quantitative estimate of drug-likeness (QED) is 0.730. The van der Waals surface area contributed by atoms with E-state index < -0.39 is 0 Å². The molecule has 0 bridgehead atoms. The van der Waals surface area contributed by atoms with E-state index >= 15 is 0 Å². The van der Waals surface area contributed by atoms with E-state index in [9.17, 15) is 0 Å². The van der Waals surface area contributed by atoms with E-state index in [0.717, 1.165) is 18.4 Å². The Bertz CT molecular complexity index is 434. The summed E-state index contributed by atoms with van der Waals surface area (Å²) < 4.78 is 0. The van der Waals surface area contributed by atoms with E-state index in [1.165, 1.54) is 44.3 Å². The number of hydrogen-bond donors (Lipinski definition) is 0. The van der Waals surface area contributed by atoms with Gasteiger partial charge in [-0.3, -0.25) is 4.90 Å². The van der Waals surface area contributed by atoms with Gasteiger partial charge in [0.15, 0.2) is 0 Å². The van der Waals surface area contributed by atoms with Crippen molar-refractivity contribution in [2.24, 2.45) is 11.8 Å². The average molecular weight is 255 g/mol. The van der Waals surface area contributed by atoms with Crippen LogP contribution in [0.3, 0.4) is 0 Å². The van der Waals surface area contributed by atoms with Gasteiger partial charge in [0.1, 0.15) is 0 Å². The number of likely N-dealkylation sites (tertiary alicyclic amines) is 1. The van der Waals surface area contributed by atoms with Crippen LogP contribution in [-0.2, 0) is 6.54 Å². The molecule has 1 nitrogen and oxygen atoms in total. The molecule has 0 spiro atoms. The van der Waals surface area contributed by atoms with E-state index in [1.807, 2.05) is 0 Å². The first-order chi connectivity index (χ1) is 9.33. The van der Waals surface area contributed by atoms with E-state index in [-0.39, 0.29) is 0 Å². The molecule has 0 saturated carbocycles. The summed E-state index contributed by atoms with van der Waals surface area (Å²) in [4.78, 5) is 2.64. The molecule has 19 heavy (non-hydrogen) atoms. The predicted octanol–water partition coefficient (Wildman–Crippen LogP) is 4.25. The molecule has 2 aliphatic rings. The van der Waals surface area contributed by atoms with Crippen LogP contribution in [0.1, 0.15) is 38.2 Å². The van der Waals surface area contributed by atoms with Crippen LogP contribution in [0.25, 0.3) is 0 Å². The van der Waals surface area contributed by atoms with Gasteiger partial charge in [0.2, 0.25) is 0 Å². The Morgan fingerprint density at radius 2 is 1.95 bits per heavy atom. The lowest BCUT2D eigenvalue weighted by atomic mass is 9.84. The van der Waals surface area contributed by atoms with Gasteiger partial charge in [-0.1, -0.05) is 48.9 Å². The van der Waals surface area contributed by atoms with Gasteiger partial charge in [-0.25, -0.2) is 0 Å². The Labute approximate surface area is 117 Å². The van der Waals surface area contributed by atoms with Gasteiger partial charge in [0.05, 0.1) is 0 Å². The van der Waals surface area contributed by atoms with Crippen LogP contribution in [0.15, 0.2) is 42.0 Å². The molecule has 1 heterocycles. The molecule has 0 unspecified atom stereocenters. The first-order valence-electron chi connectivity index (χ1n) is 7.78. The van der Waals surface area contributed by atoms with Crippen LogP contribution < -0.4 is 0 Å². The smallest absolute Gasteiger partial charge is 0.0234 e. The van der Waals surface area contributed by atoms with Gasteiger partial charge in [-0.15, -0.1) is 0 Å². The van der Waals surface area contributed by atoms with E-state index in [1.54, 1.807) is 5.57 Å². The van der Waals surface area contributed by atoms with Crippen LogP contribution in [0, 0.1) is 11.8 Å². The molecule has 3 rings (SSSR count). The molecule has 102 valence electrons. The predicted molar refractivity (Wildman–Crippen MR) is 80.9 cm³/mol. The van der Waals surface area contributed by atoms with Gasteiger partial charge in [0.25, 0.3) is 0 Å². The Balaban J connectivity index is 1.63. The minimum atomic E-state index is 0.823. The summed E-state index contributed by atoms with van der Waals surface area (Å²) in [7, 11) is 0. The van der Waals surface area contributed by atoms with Crippen LogP contribution in [0.5, 0.6) is 0 Å². The maximum absolute atomic E-state index is 2.64. The molecule has 1 heteroatoms. The van der Waals surface area contributed by atoms with Gasteiger partial charge in [0, 0.05) is 19.6 Å². The van der Waals surface area contributed by atoms with Gasteiger partial charge in [-0.05, 0) is 43.1 Å². The minimum Gasteiger partial charge on any atom is -0.298 e. The molecule has 0 radical (unpaired) electrons. The van der Waals surface area contributed by atoms with Gasteiger partial charge >= 0.3 is 0 Å². The Kier molecular flexibility index (Phi) is 4.03. The fourth-order valence-electron chi connectivity index (χ4n) is 3.72. The monoisotopic (exact) mass is 255 g/mol. The Morgan fingerprint density at radius 1 is 1.11 bits per heavy atom. The molecule has 1 aliphatic carbocycles. The summed E-state index contributed by atoms with van der Waals surface area (Å²) in [5.41, 5.74) is 3.21. The first kappa shape index (κ1) is 12.9. The van der Waals surface area contributed by atoms with Crippen LogP contribution >= 0.6 is 0 Å². The second kappa shape index (κ2) is 5.92. The van der Waals surface area contributed by atoms with Crippen molar-refractivity contribution in [3.63, 3.8) is 0 Å². The lowest BCUT2D eigenvalue weighted by molar-refractivity contribution is 0.316. The highest BCUT2D eigenvalue weighted by molar-refractivity contribution is 5.17.